The minimum atomic E-state index is -0.400. The van der Waals surface area contributed by atoms with Gasteiger partial charge in [0.25, 0.3) is 0 Å². The number of para-hydroxylation sites is 1. The Morgan fingerprint density at radius 2 is 1.84 bits per heavy atom. The van der Waals surface area contributed by atoms with Crippen LogP contribution in [0.3, 0.4) is 0 Å². The van der Waals surface area contributed by atoms with Crippen molar-refractivity contribution in [2.45, 2.75) is 11.8 Å². The fraction of sp³-hybridized carbons (Fsp3) is 0.167. The van der Waals surface area contributed by atoms with Gasteiger partial charge in [-0.1, -0.05) is 24.3 Å². The number of nitrogens with two attached hydrogens (primary N) is 1. The summed E-state index contributed by atoms with van der Waals surface area (Å²) < 4.78 is 0. The van der Waals surface area contributed by atoms with Crippen molar-refractivity contribution in [1.29, 1.82) is 0 Å². The third kappa shape index (κ3) is 5.96. The van der Waals surface area contributed by atoms with Crippen molar-refractivity contribution in [3.8, 4) is 0 Å². The molecule has 2 aromatic carbocycles. The Labute approximate surface area is 150 Å². The van der Waals surface area contributed by atoms with Crippen LogP contribution in [0.25, 0.3) is 0 Å². The molecule has 2 rings (SSSR count). The van der Waals surface area contributed by atoms with Gasteiger partial charge in [-0.05, 0) is 31.2 Å². The quantitative estimate of drug-likeness (QED) is 0.498. The molecule has 0 saturated heterocycles. The number of rotatable bonds is 8. The molecule has 0 unspecified atom stereocenters. The number of primary amides is 1. The molecular weight excluding hydrogens is 338 g/mol. The van der Waals surface area contributed by atoms with E-state index in [-0.39, 0.29) is 24.0 Å². The molecule has 0 radical (unpaired) electrons. The number of carbonyl (C=O) groups excluding carboxylic acids is 3. The summed E-state index contributed by atoms with van der Waals surface area (Å²) in [5.74, 6) is -0.532. The summed E-state index contributed by atoms with van der Waals surface area (Å²) in [5, 5.41) is 5.79. The molecule has 0 atom stereocenters. The third-order valence-electron chi connectivity index (χ3n) is 3.25. The van der Waals surface area contributed by atoms with Gasteiger partial charge >= 0.3 is 0 Å². The van der Waals surface area contributed by atoms with E-state index in [0.29, 0.717) is 11.3 Å². The molecule has 6 nitrogen and oxygen atoms in total. The Morgan fingerprint density at radius 3 is 2.56 bits per heavy atom. The number of thioether (sulfide) groups is 1. The molecule has 0 fully saturated rings. The molecule has 130 valence electrons. The Hall–Kier alpha value is -2.80. The Morgan fingerprint density at radius 1 is 1.08 bits per heavy atom. The van der Waals surface area contributed by atoms with Gasteiger partial charge in [-0.3, -0.25) is 14.4 Å². The van der Waals surface area contributed by atoms with E-state index < -0.39 is 5.91 Å². The molecule has 0 bridgehead atoms. The first-order valence-corrected chi connectivity index (χ1v) is 8.59. The van der Waals surface area contributed by atoms with Gasteiger partial charge in [-0.15, -0.1) is 11.8 Å². The molecular formula is C18H19N3O3S. The first-order chi connectivity index (χ1) is 12.0. The zero-order chi connectivity index (χ0) is 18.2. The van der Waals surface area contributed by atoms with Crippen LogP contribution < -0.4 is 16.4 Å². The van der Waals surface area contributed by atoms with Gasteiger partial charge in [-0.25, -0.2) is 0 Å². The molecule has 0 aliphatic rings. The predicted octanol–water partition coefficient (Wildman–Crippen LogP) is 2.52. The lowest BCUT2D eigenvalue weighted by Crippen LogP contribution is -2.22. The first-order valence-electron chi connectivity index (χ1n) is 7.60. The Bertz CT molecular complexity index is 793. The average Bonchev–Trinajstić information content (AvgIpc) is 2.59. The topological polar surface area (TPSA) is 101 Å². The highest BCUT2D eigenvalue weighted by atomic mass is 32.2. The normalized spacial score (nSPS) is 10.1. The molecule has 0 spiro atoms. The number of hydrogen-bond acceptors (Lipinski definition) is 5. The van der Waals surface area contributed by atoms with Crippen molar-refractivity contribution in [3.63, 3.8) is 0 Å². The molecule has 0 saturated carbocycles. The van der Waals surface area contributed by atoms with Crippen molar-refractivity contribution in [3.05, 3.63) is 54.1 Å². The van der Waals surface area contributed by atoms with Crippen LogP contribution in [0.4, 0.5) is 11.4 Å². The molecule has 7 heteroatoms. The van der Waals surface area contributed by atoms with Crippen molar-refractivity contribution in [2.24, 2.45) is 5.73 Å². The summed E-state index contributed by atoms with van der Waals surface area (Å²) >= 11 is 1.31. The van der Waals surface area contributed by atoms with Crippen LogP contribution in [0.2, 0.25) is 0 Å². The lowest BCUT2D eigenvalue weighted by atomic mass is 10.1. The van der Waals surface area contributed by atoms with Crippen LogP contribution in [0.15, 0.2) is 53.4 Å². The van der Waals surface area contributed by atoms with Crippen molar-refractivity contribution in [1.82, 2.24) is 0 Å². The molecule has 4 N–H and O–H groups in total. The maximum Gasteiger partial charge on any atom is 0.243 e. The van der Waals surface area contributed by atoms with Crippen LogP contribution in [-0.2, 0) is 9.59 Å². The van der Waals surface area contributed by atoms with E-state index in [1.54, 1.807) is 24.3 Å². The smallest absolute Gasteiger partial charge is 0.243 e. The average molecular weight is 357 g/mol. The lowest BCUT2D eigenvalue weighted by molar-refractivity contribution is -0.116. The van der Waals surface area contributed by atoms with Gasteiger partial charge in [0.15, 0.2) is 5.78 Å². The van der Waals surface area contributed by atoms with E-state index in [9.17, 15) is 14.4 Å². The number of amides is 2. The molecule has 0 aromatic heterocycles. The zero-order valence-electron chi connectivity index (χ0n) is 13.7. The summed E-state index contributed by atoms with van der Waals surface area (Å²) in [6.07, 6.45) is 0. The largest absolute Gasteiger partial charge is 0.375 e. The van der Waals surface area contributed by atoms with E-state index >= 15 is 0 Å². The number of ketones is 1. The van der Waals surface area contributed by atoms with Gasteiger partial charge in [0, 0.05) is 21.8 Å². The zero-order valence-corrected chi connectivity index (χ0v) is 14.6. The fourth-order valence-electron chi connectivity index (χ4n) is 2.08. The van der Waals surface area contributed by atoms with Gasteiger partial charge in [0.1, 0.15) is 0 Å². The number of Topliss-reactive ketones (excluding diaryl/α,β-unsaturated/α-hetero) is 1. The molecule has 0 aliphatic heterocycles. The summed E-state index contributed by atoms with van der Waals surface area (Å²) in [6, 6.07) is 14.1. The van der Waals surface area contributed by atoms with Crippen molar-refractivity contribution >= 4 is 40.7 Å². The number of hydrogen-bond donors (Lipinski definition) is 3. The first kappa shape index (κ1) is 18.5. The van der Waals surface area contributed by atoms with Crippen molar-refractivity contribution < 1.29 is 14.4 Å². The SMILES string of the molecule is CC(=O)c1cccc(NC(=O)CNc2ccccc2SCC(N)=O)c1. The highest BCUT2D eigenvalue weighted by molar-refractivity contribution is 8.00. The molecule has 0 aliphatic carbocycles. The number of carbonyl (C=O) groups is 3. The molecule has 25 heavy (non-hydrogen) atoms. The Balaban J connectivity index is 1.95. The lowest BCUT2D eigenvalue weighted by Gasteiger charge is -2.11. The van der Waals surface area contributed by atoms with Crippen LogP contribution in [0, 0.1) is 0 Å². The molecule has 2 amide bonds. The van der Waals surface area contributed by atoms with E-state index in [1.165, 1.54) is 18.7 Å². The van der Waals surface area contributed by atoms with Gasteiger partial charge < -0.3 is 16.4 Å². The predicted molar refractivity (Wildman–Crippen MR) is 99.9 cm³/mol. The Kier molecular flexibility index (Phi) is 6.59. The number of nitrogens with one attached hydrogen (secondary N) is 2. The van der Waals surface area contributed by atoms with Gasteiger partial charge in [0.05, 0.1) is 12.3 Å². The van der Waals surface area contributed by atoms with Crippen LogP contribution >= 0.6 is 11.8 Å². The van der Waals surface area contributed by atoms with E-state index in [2.05, 4.69) is 10.6 Å². The highest BCUT2D eigenvalue weighted by Crippen LogP contribution is 2.26. The van der Waals surface area contributed by atoms with E-state index in [4.69, 9.17) is 5.73 Å². The maximum atomic E-state index is 12.1. The highest BCUT2D eigenvalue weighted by Gasteiger charge is 2.08. The second-order valence-electron chi connectivity index (χ2n) is 5.29. The summed E-state index contributed by atoms with van der Waals surface area (Å²) in [5.41, 5.74) is 7.02. The summed E-state index contributed by atoms with van der Waals surface area (Å²) in [7, 11) is 0. The molecule has 0 heterocycles. The molecule has 2 aromatic rings. The van der Waals surface area contributed by atoms with Gasteiger partial charge in [0.2, 0.25) is 11.8 Å². The fourth-order valence-corrected chi connectivity index (χ4v) is 2.85. The van der Waals surface area contributed by atoms with E-state index in [0.717, 1.165) is 10.6 Å². The number of anilines is 2. The second kappa shape index (κ2) is 8.89. The second-order valence-corrected chi connectivity index (χ2v) is 6.31. The monoisotopic (exact) mass is 357 g/mol. The third-order valence-corrected chi connectivity index (χ3v) is 4.35. The summed E-state index contributed by atoms with van der Waals surface area (Å²) in [6.45, 7) is 1.53. The van der Waals surface area contributed by atoms with Crippen LogP contribution in [0.5, 0.6) is 0 Å². The minimum Gasteiger partial charge on any atom is -0.375 e. The number of benzene rings is 2. The summed E-state index contributed by atoms with van der Waals surface area (Å²) in [4.78, 5) is 35.2. The maximum absolute atomic E-state index is 12.1. The van der Waals surface area contributed by atoms with E-state index in [1.807, 2.05) is 24.3 Å². The standard InChI is InChI=1S/C18H19N3O3S/c1-12(22)13-5-4-6-14(9-13)21-18(24)10-20-15-7-2-3-8-16(15)25-11-17(19)23/h2-9,20H,10-11H2,1H3,(H2,19,23)(H,21,24). The van der Waals surface area contributed by atoms with Crippen LogP contribution in [0.1, 0.15) is 17.3 Å². The minimum absolute atomic E-state index is 0.0540. The van der Waals surface area contributed by atoms with Gasteiger partial charge in [-0.2, -0.15) is 0 Å². The van der Waals surface area contributed by atoms with Crippen molar-refractivity contribution in [2.75, 3.05) is 22.9 Å². The van der Waals surface area contributed by atoms with Crippen LogP contribution in [-0.4, -0.2) is 29.9 Å².